The van der Waals surface area contributed by atoms with Crippen molar-refractivity contribution in [3.05, 3.63) is 35.9 Å². The van der Waals surface area contributed by atoms with Crippen LogP contribution in [0.15, 0.2) is 30.3 Å². The molecule has 0 atom stereocenters. The molecule has 1 aromatic rings. The van der Waals surface area contributed by atoms with Crippen molar-refractivity contribution in [3.8, 4) is 0 Å². The Bertz CT molecular complexity index is 314. The first-order valence-corrected chi connectivity index (χ1v) is 4.84. The van der Waals surface area contributed by atoms with Gasteiger partial charge in [-0.05, 0) is 6.42 Å². The summed E-state index contributed by atoms with van der Waals surface area (Å²) in [5.74, 6) is -0.0506. The van der Waals surface area contributed by atoms with Crippen LogP contribution in [-0.4, -0.2) is 11.6 Å². The fourth-order valence-electron chi connectivity index (χ4n) is 1.27. The Hall–Kier alpha value is -1.44. The van der Waals surface area contributed by atoms with Crippen LogP contribution in [0.4, 0.5) is 0 Å². The van der Waals surface area contributed by atoms with Crippen LogP contribution in [0.3, 0.4) is 0 Å². The molecule has 0 spiro atoms. The minimum Gasteiger partial charge on any atom is -0.299 e. The van der Waals surface area contributed by atoms with Crippen LogP contribution in [-0.2, 0) is 4.79 Å². The Morgan fingerprint density at radius 1 is 1.14 bits per heavy atom. The summed E-state index contributed by atoms with van der Waals surface area (Å²) < 4.78 is 0. The van der Waals surface area contributed by atoms with E-state index in [1.807, 2.05) is 13.0 Å². The van der Waals surface area contributed by atoms with Gasteiger partial charge in [0.25, 0.3) is 0 Å². The number of ketones is 2. The van der Waals surface area contributed by atoms with Gasteiger partial charge in [-0.15, -0.1) is 0 Å². The molecule has 0 bridgehead atoms. The quantitative estimate of drug-likeness (QED) is 0.528. The van der Waals surface area contributed by atoms with Crippen LogP contribution in [0.2, 0.25) is 0 Å². The third-order valence-electron chi connectivity index (χ3n) is 1.98. The number of hydrogen-bond acceptors (Lipinski definition) is 2. The Kier molecular flexibility index (Phi) is 4.05. The average molecular weight is 190 g/mol. The molecule has 0 radical (unpaired) electrons. The van der Waals surface area contributed by atoms with Gasteiger partial charge < -0.3 is 0 Å². The van der Waals surface area contributed by atoms with E-state index < -0.39 is 0 Å². The second-order valence-corrected chi connectivity index (χ2v) is 3.25. The van der Waals surface area contributed by atoms with Crippen molar-refractivity contribution < 1.29 is 9.59 Å². The van der Waals surface area contributed by atoms with Crippen LogP contribution in [0.25, 0.3) is 0 Å². The zero-order chi connectivity index (χ0) is 10.4. The highest BCUT2D eigenvalue weighted by Crippen LogP contribution is 2.05. The molecule has 0 saturated carbocycles. The van der Waals surface area contributed by atoms with Crippen molar-refractivity contribution in [2.75, 3.05) is 0 Å². The van der Waals surface area contributed by atoms with Gasteiger partial charge in [0.2, 0.25) is 0 Å². The average Bonchev–Trinajstić information content (AvgIpc) is 2.19. The lowest BCUT2D eigenvalue weighted by Crippen LogP contribution is -2.07. The number of carbonyl (C=O) groups is 2. The molecule has 0 saturated heterocycles. The van der Waals surface area contributed by atoms with E-state index in [1.54, 1.807) is 24.3 Å². The molecule has 0 aromatic heterocycles. The van der Waals surface area contributed by atoms with Crippen LogP contribution >= 0.6 is 0 Å². The van der Waals surface area contributed by atoms with E-state index in [2.05, 4.69) is 0 Å². The predicted octanol–water partition coefficient (Wildman–Crippen LogP) is 2.63. The van der Waals surface area contributed by atoms with Gasteiger partial charge in [0.05, 0.1) is 6.42 Å². The topological polar surface area (TPSA) is 34.1 Å². The Morgan fingerprint density at radius 3 is 2.36 bits per heavy atom. The third kappa shape index (κ3) is 3.13. The normalized spacial score (nSPS) is 9.79. The Morgan fingerprint density at radius 2 is 1.79 bits per heavy atom. The zero-order valence-electron chi connectivity index (χ0n) is 8.32. The standard InChI is InChI=1S/C12H14O2/c1-2-6-11(13)9-12(14)10-7-4-3-5-8-10/h3-5,7-8H,2,6,9H2,1H3. The first-order chi connectivity index (χ1) is 6.74. The van der Waals surface area contributed by atoms with Crippen LogP contribution in [0.5, 0.6) is 0 Å². The van der Waals surface area contributed by atoms with Crippen molar-refractivity contribution in [2.45, 2.75) is 26.2 Å². The monoisotopic (exact) mass is 190 g/mol. The minimum absolute atomic E-state index is 0.0290. The predicted molar refractivity (Wildman–Crippen MR) is 55.3 cm³/mol. The van der Waals surface area contributed by atoms with Gasteiger partial charge in [-0.3, -0.25) is 9.59 Å². The highest BCUT2D eigenvalue weighted by Gasteiger charge is 2.09. The lowest BCUT2D eigenvalue weighted by Gasteiger charge is -1.98. The molecule has 0 aliphatic carbocycles. The van der Waals surface area contributed by atoms with E-state index in [4.69, 9.17) is 0 Å². The molecule has 2 heteroatoms. The molecule has 0 aliphatic rings. The highest BCUT2D eigenvalue weighted by molar-refractivity contribution is 6.07. The smallest absolute Gasteiger partial charge is 0.170 e. The van der Waals surface area contributed by atoms with Crippen LogP contribution in [0.1, 0.15) is 36.5 Å². The number of rotatable bonds is 5. The van der Waals surface area contributed by atoms with Crippen molar-refractivity contribution in [1.82, 2.24) is 0 Å². The summed E-state index contributed by atoms with van der Waals surface area (Å²) in [6.45, 7) is 1.94. The van der Waals surface area contributed by atoms with E-state index in [1.165, 1.54) is 0 Å². The zero-order valence-corrected chi connectivity index (χ0v) is 8.32. The molecule has 0 unspecified atom stereocenters. The Labute approximate surface area is 83.9 Å². The molecule has 0 amide bonds. The molecule has 1 rings (SSSR count). The molecule has 0 heterocycles. The number of Topliss-reactive ketones (excluding diaryl/α,β-unsaturated/α-hetero) is 2. The van der Waals surface area contributed by atoms with Gasteiger partial charge in [-0.1, -0.05) is 37.3 Å². The molecule has 0 aliphatic heterocycles. The van der Waals surface area contributed by atoms with Crippen molar-refractivity contribution in [3.63, 3.8) is 0 Å². The van der Waals surface area contributed by atoms with E-state index in [0.717, 1.165) is 6.42 Å². The molecule has 14 heavy (non-hydrogen) atoms. The molecule has 0 fully saturated rings. The molecule has 1 aromatic carbocycles. The summed E-state index contributed by atoms with van der Waals surface area (Å²) in [4.78, 5) is 22.7. The fraction of sp³-hybridized carbons (Fsp3) is 0.333. The van der Waals surface area contributed by atoms with Gasteiger partial charge >= 0.3 is 0 Å². The van der Waals surface area contributed by atoms with E-state index in [9.17, 15) is 9.59 Å². The fourth-order valence-corrected chi connectivity index (χ4v) is 1.27. The van der Waals surface area contributed by atoms with E-state index >= 15 is 0 Å². The van der Waals surface area contributed by atoms with Crippen LogP contribution < -0.4 is 0 Å². The van der Waals surface area contributed by atoms with Gasteiger partial charge in [0.15, 0.2) is 5.78 Å². The van der Waals surface area contributed by atoms with E-state index in [0.29, 0.717) is 12.0 Å². The van der Waals surface area contributed by atoms with Crippen LogP contribution in [0, 0.1) is 0 Å². The maximum Gasteiger partial charge on any atom is 0.170 e. The summed E-state index contributed by atoms with van der Waals surface area (Å²) in [5.41, 5.74) is 0.622. The SMILES string of the molecule is CCCC(=O)CC(=O)c1ccccc1. The summed E-state index contributed by atoms with van der Waals surface area (Å²) >= 11 is 0. The first kappa shape index (κ1) is 10.6. The lowest BCUT2D eigenvalue weighted by molar-refractivity contribution is -0.118. The third-order valence-corrected chi connectivity index (χ3v) is 1.98. The number of benzene rings is 1. The largest absolute Gasteiger partial charge is 0.299 e. The maximum atomic E-state index is 11.5. The van der Waals surface area contributed by atoms with Gasteiger partial charge in [-0.25, -0.2) is 0 Å². The van der Waals surface area contributed by atoms with Gasteiger partial charge in [0, 0.05) is 12.0 Å². The summed E-state index contributed by atoms with van der Waals surface area (Å²) in [6.07, 6.45) is 1.34. The molecule has 0 N–H and O–H groups in total. The summed E-state index contributed by atoms with van der Waals surface area (Å²) in [5, 5.41) is 0. The molecule has 74 valence electrons. The number of hydrogen-bond donors (Lipinski definition) is 0. The Balaban J connectivity index is 2.55. The van der Waals surface area contributed by atoms with Crippen molar-refractivity contribution in [2.24, 2.45) is 0 Å². The highest BCUT2D eigenvalue weighted by atomic mass is 16.1. The first-order valence-electron chi connectivity index (χ1n) is 4.84. The second kappa shape index (κ2) is 5.32. The maximum absolute atomic E-state index is 11.5. The molecular formula is C12H14O2. The number of carbonyl (C=O) groups excluding carboxylic acids is 2. The summed E-state index contributed by atoms with van der Waals surface area (Å²) in [7, 11) is 0. The van der Waals surface area contributed by atoms with Gasteiger partial charge in [-0.2, -0.15) is 0 Å². The molecular weight excluding hydrogens is 176 g/mol. The lowest BCUT2D eigenvalue weighted by atomic mass is 10.0. The second-order valence-electron chi connectivity index (χ2n) is 3.25. The summed E-state index contributed by atoms with van der Waals surface area (Å²) in [6, 6.07) is 8.93. The minimum atomic E-state index is -0.0796. The van der Waals surface area contributed by atoms with Crippen molar-refractivity contribution in [1.29, 1.82) is 0 Å². The van der Waals surface area contributed by atoms with Gasteiger partial charge in [0.1, 0.15) is 5.78 Å². The van der Waals surface area contributed by atoms with Crippen molar-refractivity contribution >= 4 is 11.6 Å². The molecule has 2 nitrogen and oxygen atoms in total. The van der Waals surface area contributed by atoms with E-state index in [-0.39, 0.29) is 18.0 Å².